The van der Waals surface area contributed by atoms with Crippen molar-refractivity contribution in [3.05, 3.63) is 180 Å². The first-order chi connectivity index (χ1) is 26.0. The van der Waals surface area contributed by atoms with Gasteiger partial charge < -0.3 is 10.2 Å². The molecule has 0 radical (unpaired) electrons. The number of rotatable bonds is 2. The SMILES string of the molecule is Cc1nc(-c2cc(C#Cc3c4ccccc4cc4ccccc34)ccc2O)cc(-c2cc(C#Cc3c4ccccc4cc4ccccc34)ccc2O)n1. The number of aromatic hydroxyl groups is 2. The number of aryl methyl sites for hydroxylation is 1. The van der Waals surface area contributed by atoms with Gasteiger partial charge >= 0.3 is 0 Å². The Morgan fingerprint density at radius 2 is 0.755 bits per heavy atom. The van der Waals surface area contributed by atoms with Crippen molar-refractivity contribution in [1.29, 1.82) is 0 Å². The molecule has 0 unspecified atom stereocenters. The van der Waals surface area contributed by atoms with Crippen LogP contribution in [0.5, 0.6) is 11.5 Å². The highest BCUT2D eigenvalue weighted by Crippen LogP contribution is 2.35. The van der Waals surface area contributed by atoms with E-state index in [1.54, 1.807) is 37.3 Å². The third kappa shape index (κ3) is 5.95. The molecule has 9 rings (SSSR count). The largest absolute Gasteiger partial charge is 0.507 e. The van der Waals surface area contributed by atoms with E-state index >= 15 is 0 Å². The standard InChI is InChI=1S/C49H30N2O2/c1-31-50-46(44-26-32(20-24-48(44)52)18-22-42-38-14-6-2-10-34(38)28-35-11-3-7-15-39(35)42)30-47(51-31)45-27-33(21-25-49(45)53)19-23-43-40-16-8-4-12-36(40)29-37-13-5-9-17-41(37)43/h2-17,20-21,24-30,52-53H,1H3. The summed E-state index contributed by atoms with van der Waals surface area (Å²) >= 11 is 0. The predicted molar refractivity (Wildman–Crippen MR) is 216 cm³/mol. The molecule has 0 aliphatic carbocycles. The van der Waals surface area contributed by atoms with Crippen molar-refractivity contribution in [3.8, 4) is 57.7 Å². The van der Waals surface area contributed by atoms with Crippen LogP contribution in [0, 0.1) is 30.6 Å². The molecule has 53 heavy (non-hydrogen) atoms. The molecular weight excluding hydrogens is 649 g/mol. The average Bonchev–Trinajstić information content (AvgIpc) is 3.19. The van der Waals surface area contributed by atoms with E-state index in [9.17, 15) is 10.2 Å². The molecule has 0 aliphatic rings. The quantitative estimate of drug-likeness (QED) is 0.141. The summed E-state index contributed by atoms with van der Waals surface area (Å²) in [7, 11) is 0. The van der Waals surface area contributed by atoms with Gasteiger partial charge in [0.1, 0.15) is 17.3 Å². The molecule has 2 N–H and O–H groups in total. The Labute approximate surface area is 306 Å². The Bertz CT molecular complexity index is 2750. The van der Waals surface area contributed by atoms with Gasteiger partial charge in [-0.2, -0.15) is 0 Å². The molecule has 4 nitrogen and oxygen atoms in total. The first-order valence-electron chi connectivity index (χ1n) is 17.4. The van der Waals surface area contributed by atoms with Crippen LogP contribution in [0.15, 0.2) is 152 Å². The second-order valence-electron chi connectivity index (χ2n) is 13.0. The van der Waals surface area contributed by atoms with Crippen molar-refractivity contribution in [2.75, 3.05) is 0 Å². The fraction of sp³-hybridized carbons (Fsp3) is 0.0204. The highest BCUT2D eigenvalue weighted by atomic mass is 16.3. The van der Waals surface area contributed by atoms with Gasteiger partial charge in [0.05, 0.1) is 11.4 Å². The Kier molecular flexibility index (Phi) is 7.77. The van der Waals surface area contributed by atoms with Crippen molar-refractivity contribution >= 4 is 43.1 Å². The Balaban J connectivity index is 1.10. The molecule has 0 saturated carbocycles. The van der Waals surface area contributed by atoms with Gasteiger partial charge in [-0.3, -0.25) is 0 Å². The number of phenols is 2. The Hall–Kier alpha value is -7.40. The summed E-state index contributed by atoms with van der Waals surface area (Å²) in [6.07, 6.45) is 0. The highest BCUT2D eigenvalue weighted by molar-refractivity contribution is 6.05. The minimum atomic E-state index is 0.0707. The second kappa shape index (κ2) is 13.1. The van der Waals surface area contributed by atoms with E-state index in [4.69, 9.17) is 0 Å². The zero-order chi connectivity index (χ0) is 35.9. The van der Waals surface area contributed by atoms with Crippen LogP contribution in [0.4, 0.5) is 0 Å². The van der Waals surface area contributed by atoms with E-state index in [0.717, 1.165) is 65.3 Å². The fourth-order valence-electron chi connectivity index (χ4n) is 7.05. The molecule has 0 aliphatic heterocycles. The second-order valence-corrected chi connectivity index (χ2v) is 13.0. The lowest BCUT2D eigenvalue weighted by Crippen LogP contribution is -1.96. The molecule has 4 heteroatoms. The number of fused-ring (bicyclic) bond motifs is 4. The minimum Gasteiger partial charge on any atom is -0.507 e. The lowest BCUT2D eigenvalue weighted by Gasteiger charge is -2.10. The van der Waals surface area contributed by atoms with Gasteiger partial charge in [-0.05, 0) is 105 Å². The van der Waals surface area contributed by atoms with Gasteiger partial charge in [-0.1, -0.05) is 121 Å². The van der Waals surface area contributed by atoms with E-state index in [1.165, 1.54) is 0 Å². The molecule has 0 spiro atoms. The van der Waals surface area contributed by atoms with Gasteiger partial charge in [0, 0.05) is 33.4 Å². The van der Waals surface area contributed by atoms with Crippen LogP contribution in [0.1, 0.15) is 28.1 Å². The number of hydrogen-bond donors (Lipinski definition) is 2. The lowest BCUT2D eigenvalue weighted by atomic mass is 9.96. The maximum Gasteiger partial charge on any atom is 0.126 e. The Morgan fingerprint density at radius 3 is 1.13 bits per heavy atom. The van der Waals surface area contributed by atoms with Crippen LogP contribution in [0.25, 0.3) is 65.6 Å². The van der Waals surface area contributed by atoms with Crippen molar-refractivity contribution in [2.24, 2.45) is 0 Å². The summed E-state index contributed by atoms with van der Waals surface area (Å²) in [5, 5.41) is 31.0. The fourth-order valence-corrected chi connectivity index (χ4v) is 7.05. The van der Waals surface area contributed by atoms with Crippen LogP contribution in [-0.4, -0.2) is 20.2 Å². The maximum absolute atomic E-state index is 11.1. The van der Waals surface area contributed by atoms with Crippen LogP contribution < -0.4 is 0 Å². The molecule has 0 bridgehead atoms. The van der Waals surface area contributed by atoms with Gasteiger partial charge in [0.2, 0.25) is 0 Å². The predicted octanol–water partition coefficient (Wildman–Crippen LogP) is 10.9. The lowest BCUT2D eigenvalue weighted by molar-refractivity contribution is 0.477. The zero-order valence-electron chi connectivity index (χ0n) is 28.7. The van der Waals surface area contributed by atoms with Gasteiger partial charge in [0.15, 0.2) is 0 Å². The molecule has 0 fully saturated rings. The van der Waals surface area contributed by atoms with Gasteiger partial charge in [-0.25, -0.2) is 9.97 Å². The van der Waals surface area contributed by atoms with Gasteiger partial charge in [-0.15, -0.1) is 0 Å². The third-order valence-electron chi connectivity index (χ3n) is 9.59. The smallest absolute Gasteiger partial charge is 0.126 e. The van der Waals surface area contributed by atoms with Crippen LogP contribution in [0.2, 0.25) is 0 Å². The van der Waals surface area contributed by atoms with Crippen LogP contribution in [-0.2, 0) is 0 Å². The van der Waals surface area contributed by atoms with E-state index in [-0.39, 0.29) is 11.5 Å². The Morgan fingerprint density at radius 1 is 0.396 bits per heavy atom. The average molecular weight is 679 g/mol. The summed E-state index contributed by atoms with van der Waals surface area (Å²) in [5.41, 5.74) is 5.45. The van der Waals surface area contributed by atoms with Gasteiger partial charge in [0.25, 0.3) is 0 Å². The topological polar surface area (TPSA) is 66.2 Å². The molecule has 0 saturated heterocycles. The van der Waals surface area contributed by atoms with Crippen molar-refractivity contribution < 1.29 is 10.2 Å². The molecular formula is C49H30N2O2. The maximum atomic E-state index is 11.1. The summed E-state index contributed by atoms with van der Waals surface area (Å²) in [4.78, 5) is 9.38. The summed E-state index contributed by atoms with van der Waals surface area (Å²) in [6, 6.07) is 49.8. The molecule has 0 atom stereocenters. The number of benzene rings is 8. The number of aromatic nitrogens is 2. The molecule has 9 aromatic rings. The normalized spacial score (nSPS) is 11.0. The minimum absolute atomic E-state index is 0.0707. The van der Waals surface area contributed by atoms with Crippen LogP contribution >= 0.6 is 0 Å². The first kappa shape index (κ1) is 31.6. The summed E-state index contributed by atoms with van der Waals surface area (Å²) in [6.45, 7) is 1.80. The highest BCUT2D eigenvalue weighted by Gasteiger charge is 2.14. The van der Waals surface area contributed by atoms with E-state index in [2.05, 4.69) is 94.3 Å². The van der Waals surface area contributed by atoms with E-state index in [0.29, 0.717) is 28.3 Å². The van der Waals surface area contributed by atoms with Crippen molar-refractivity contribution in [2.45, 2.75) is 6.92 Å². The summed E-state index contributed by atoms with van der Waals surface area (Å²) < 4.78 is 0. The first-order valence-corrected chi connectivity index (χ1v) is 17.4. The van der Waals surface area contributed by atoms with E-state index in [1.807, 2.05) is 60.7 Å². The van der Waals surface area contributed by atoms with Crippen LogP contribution in [0.3, 0.4) is 0 Å². The summed E-state index contributed by atoms with van der Waals surface area (Å²) in [5.74, 6) is 14.2. The number of nitrogens with zero attached hydrogens (tertiary/aromatic N) is 2. The number of hydrogen-bond acceptors (Lipinski definition) is 4. The molecule has 0 amide bonds. The molecule has 8 aromatic carbocycles. The van der Waals surface area contributed by atoms with E-state index < -0.39 is 0 Å². The number of phenolic OH excluding ortho intramolecular Hbond substituents is 2. The molecule has 1 aromatic heterocycles. The third-order valence-corrected chi connectivity index (χ3v) is 9.59. The molecule has 1 heterocycles. The molecule has 248 valence electrons. The zero-order valence-corrected chi connectivity index (χ0v) is 28.7. The van der Waals surface area contributed by atoms with Crippen molar-refractivity contribution in [1.82, 2.24) is 9.97 Å². The monoisotopic (exact) mass is 678 g/mol. The van der Waals surface area contributed by atoms with Crippen molar-refractivity contribution in [3.63, 3.8) is 0 Å².